The average molecular weight is 170 g/mol. The van der Waals surface area contributed by atoms with Gasteiger partial charge in [0.1, 0.15) is 0 Å². The summed E-state index contributed by atoms with van der Waals surface area (Å²) in [5, 5.41) is 0.748. The van der Waals surface area contributed by atoms with Gasteiger partial charge in [-0.05, 0) is 31.5 Å². The highest BCUT2D eigenvalue weighted by molar-refractivity contribution is 6.30. The van der Waals surface area contributed by atoms with Gasteiger partial charge in [0.15, 0.2) is 0 Å². The van der Waals surface area contributed by atoms with Crippen molar-refractivity contribution in [2.24, 2.45) is 5.73 Å². The van der Waals surface area contributed by atoms with Gasteiger partial charge in [0.25, 0.3) is 0 Å². The van der Waals surface area contributed by atoms with Crippen LogP contribution in [0.25, 0.3) is 0 Å². The fourth-order valence-electron chi connectivity index (χ4n) is 0.879. The fraction of sp³-hybridized carbons (Fsp3) is 0.333. The van der Waals surface area contributed by atoms with Gasteiger partial charge in [-0.2, -0.15) is 0 Å². The molecule has 11 heavy (non-hydrogen) atoms. The molecule has 0 radical (unpaired) electrons. The molecule has 1 aromatic carbocycles. The summed E-state index contributed by atoms with van der Waals surface area (Å²) < 4.78 is 0. The zero-order chi connectivity index (χ0) is 8.48. The van der Waals surface area contributed by atoms with E-state index >= 15 is 0 Å². The molecular formula is C9H12ClN. The van der Waals surface area contributed by atoms with Crippen LogP contribution in [0.5, 0.6) is 0 Å². The Hall–Kier alpha value is -0.530. The third-order valence-electron chi connectivity index (χ3n) is 1.59. The second-order valence-electron chi connectivity index (χ2n) is 3.23. The van der Waals surface area contributed by atoms with Gasteiger partial charge in [-0.3, -0.25) is 0 Å². The van der Waals surface area contributed by atoms with Crippen molar-refractivity contribution in [2.75, 3.05) is 0 Å². The number of halogens is 1. The zero-order valence-electron chi connectivity index (χ0n) is 6.76. The van der Waals surface area contributed by atoms with Crippen LogP contribution in [0.15, 0.2) is 24.3 Å². The molecule has 0 aliphatic carbocycles. The van der Waals surface area contributed by atoms with Crippen molar-refractivity contribution >= 4 is 11.6 Å². The molecule has 2 N–H and O–H groups in total. The van der Waals surface area contributed by atoms with Crippen molar-refractivity contribution in [1.29, 1.82) is 0 Å². The van der Waals surface area contributed by atoms with Gasteiger partial charge < -0.3 is 5.73 Å². The van der Waals surface area contributed by atoms with Crippen molar-refractivity contribution in [2.45, 2.75) is 19.4 Å². The lowest BCUT2D eigenvalue weighted by atomic mass is 9.96. The van der Waals surface area contributed by atoms with Crippen LogP contribution in [-0.4, -0.2) is 0 Å². The van der Waals surface area contributed by atoms with Crippen molar-refractivity contribution in [3.63, 3.8) is 0 Å². The first kappa shape index (κ1) is 8.57. The van der Waals surface area contributed by atoms with E-state index in [1.165, 1.54) is 0 Å². The summed E-state index contributed by atoms with van der Waals surface area (Å²) in [7, 11) is 0. The lowest BCUT2D eigenvalue weighted by Crippen LogP contribution is -2.28. The van der Waals surface area contributed by atoms with Crippen molar-refractivity contribution in [3.05, 3.63) is 34.9 Å². The van der Waals surface area contributed by atoms with Crippen LogP contribution in [0.4, 0.5) is 0 Å². The molecule has 0 atom stereocenters. The van der Waals surface area contributed by atoms with E-state index in [-0.39, 0.29) is 5.54 Å². The van der Waals surface area contributed by atoms with E-state index in [9.17, 15) is 0 Å². The maximum atomic E-state index is 5.86. The summed E-state index contributed by atoms with van der Waals surface area (Å²) in [6.07, 6.45) is 0. The molecule has 2 heteroatoms. The molecule has 0 saturated heterocycles. The first-order valence-corrected chi connectivity index (χ1v) is 3.93. The summed E-state index contributed by atoms with van der Waals surface area (Å²) in [6.45, 7) is 3.94. The molecule has 0 amide bonds. The van der Waals surface area contributed by atoms with Crippen LogP contribution in [0.3, 0.4) is 0 Å². The van der Waals surface area contributed by atoms with Crippen molar-refractivity contribution in [1.82, 2.24) is 0 Å². The minimum Gasteiger partial charge on any atom is -0.322 e. The van der Waals surface area contributed by atoms with Crippen LogP contribution in [0.2, 0.25) is 5.02 Å². The van der Waals surface area contributed by atoms with Crippen LogP contribution in [0, 0.1) is 0 Å². The predicted molar refractivity (Wildman–Crippen MR) is 48.7 cm³/mol. The summed E-state index contributed by atoms with van der Waals surface area (Å²) in [4.78, 5) is 0. The number of rotatable bonds is 1. The molecule has 1 nitrogen and oxygen atoms in total. The Bertz CT molecular complexity index is 233. The van der Waals surface area contributed by atoms with Gasteiger partial charge in [0, 0.05) is 10.6 Å². The van der Waals surface area contributed by atoms with Gasteiger partial charge in [-0.15, -0.1) is 0 Å². The molecule has 0 spiro atoms. The van der Waals surface area contributed by atoms with E-state index < -0.39 is 0 Å². The number of nitrogens with two attached hydrogens (primary N) is 1. The summed E-state index contributed by atoms with van der Waals surface area (Å²) in [5.41, 5.74) is 6.69. The molecule has 60 valence electrons. The molecule has 0 aliphatic rings. The topological polar surface area (TPSA) is 26.0 Å². The molecule has 0 aliphatic heterocycles. The summed E-state index contributed by atoms with van der Waals surface area (Å²) in [5.74, 6) is 0. The Morgan fingerprint density at radius 1 is 1.18 bits per heavy atom. The van der Waals surface area contributed by atoms with E-state index in [0.29, 0.717) is 0 Å². The lowest BCUT2D eigenvalue weighted by molar-refractivity contribution is 0.554. The highest BCUT2D eigenvalue weighted by Gasteiger charge is 2.12. The van der Waals surface area contributed by atoms with E-state index in [1.807, 2.05) is 38.1 Å². The third kappa shape index (κ3) is 2.21. The molecule has 0 fully saturated rings. The van der Waals surface area contributed by atoms with E-state index in [0.717, 1.165) is 10.6 Å². The highest BCUT2D eigenvalue weighted by Crippen LogP contribution is 2.18. The van der Waals surface area contributed by atoms with E-state index in [2.05, 4.69) is 0 Å². The molecular weight excluding hydrogens is 158 g/mol. The predicted octanol–water partition coefficient (Wildman–Crippen LogP) is 2.53. The molecule has 0 aromatic heterocycles. The quantitative estimate of drug-likeness (QED) is 0.687. The van der Waals surface area contributed by atoms with Crippen LogP contribution >= 0.6 is 11.6 Å². The molecule has 1 rings (SSSR count). The number of hydrogen-bond acceptors (Lipinski definition) is 1. The fourth-order valence-corrected chi connectivity index (χ4v) is 1.01. The van der Waals surface area contributed by atoms with Crippen molar-refractivity contribution in [3.8, 4) is 0 Å². The largest absolute Gasteiger partial charge is 0.322 e. The van der Waals surface area contributed by atoms with Crippen LogP contribution in [0.1, 0.15) is 19.4 Å². The summed E-state index contributed by atoms with van der Waals surface area (Å²) in [6, 6.07) is 7.60. The minimum absolute atomic E-state index is 0.273. The monoisotopic (exact) mass is 169 g/mol. The first-order chi connectivity index (χ1) is 5.00. The zero-order valence-corrected chi connectivity index (χ0v) is 7.52. The first-order valence-electron chi connectivity index (χ1n) is 3.55. The minimum atomic E-state index is -0.273. The summed E-state index contributed by atoms with van der Waals surface area (Å²) >= 11 is 5.72. The average Bonchev–Trinajstić information content (AvgIpc) is 1.86. The maximum Gasteiger partial charge on any atom is 0.0406 e. The van der Waals surface area contributed by atoms with E-state index in [4.69, 9.17) is 17.3 Å². The Labute approximate surface area is 72.2 Å². The Morgan fingerprint density at radius 2 is 1.64 bits per heavy atom. The van der Waals surface area contributed by atoms with Crippen LogP contribution < -0.4 is 5.73 Å². The van der Waals surface area contributed by atoms with Crippen molar-refractivity contribution < 1.29 is 0 Å². The molecule has 0 bridgehead atoms. The Kier molecular flexibility index (Phi) is 2.21. The smallest absolute Gasteiger partial charge is 0.0406 e. The van der Waals surface area contributed by atoms with Gasteiger partial charge in [0.2, 0.25) is 0 Å². The standard InChI is InChI=1S/C9H12ClN/c1-9(2,11)7-3-5-8(10)6-4-7/h3-6H,11H2,1-2H3. The number of benzene rings is 1. The SMILES string of the molecule is CC(C)(N)c1ccc(Cl)cc1. The lowest BCUT2D eigenvalue weighted by Gasteiger charge is -2.18. The van der Waals surface area contributed by atoms with Gasteiger partial charge in [-0.25, -0.2) is 0 Å². The number of hydrogen-bond donors (Lipinski definition) is 1. The Balaban J connectivity index is 2.99. The molecule has 0 saturated carbocycles. The van der Waals surface area contributed by atoms with Gasteiger partial charge in [0.05, 0.1) is 0 Å². The second kappa shape index (κ2) is 2.84. The van der Waals surface area contributed by atoms with Gasteiger partial charge >= 0.3 is 0 Å². The normalized spacial score (nSPS) is 11.6. The highest BCUT2D eigenvalue weighted by atomic mass is 35.5. The van der Waals surface area contributed by atoms with Crippen LogP contribution in [-0.2, 0) is 5.54 Å². The maximum absolute atomic E-state index is 5.86. The van der Waals surface area contributed by atoms with E-state index in [1.54, 1.807) is 0 Å². The van der Waals surface area contributed by atoms with Gasteiger partial charge in [-0.1, -0.05) is 23.7 Å². The Morgan fingerprint density at radius 3 is 2.00 bits per heavy atom. The second-order valence-corrected chi connectivity index (χ2v) is 3.67. The molecule has 1 aromatic rings. The molecule has 0 unspecified atom stereocenters. The molecule has 0 heterocycles. The third-order valence-corrected chi connectivity index (χ3v) is 1.84.